The molecular weight excluding hydrogens is 407 g/mol. The lowest BCUT2D eigenvalue weighted by Gasteiger charge is -2.08. The summed E-state index contributed by atoms with van der Waals surface area (Å²) < 4.78 is 40.3. The average Bonchev–Trinajstić information content (AvgIpc) is 3.44. The Balaban J connectivity index is 0.00000240. The van der Waals surface area contributed by atoms with Crippen molar-refractivity contribution in [3.63, 3.8) is 0 Å². The van der Waals surface area contributed by atoms with E-state index in [4.69, 9.17) is 0 Å². The van der Waals surface area contributed by atoms with Gasteiger partial charge in [-0.05, 0) is 42.7 Å². The van der Waals surface area contributed by atoms with Crippen molar-refractivity contribution in [1.29, 1.82) is 0 Å². The van der Waals surface area contributed by atoms with Crippen molar-refractivity contribution in [3.05, 3.63) is 71.4 Å². The van der Waals surface area contributed by atoms with Gasteiger partial charge in [-0.2, -0.15) is 18.3 Å². The summed E-state index contributed by atoms with van der Waals surface area (Å²) in [6.45, 7) is 0.239. The third kappa shape index (κ3) is 4.73. The molecule has 0 spiro atoms. The summed E-state index contributed by atoms with van der Waals surface area (Å²) in [5.41, 5.74) is 0.774. The zero-order valence-electron chi connectivity index (χ0n) is 15.1. The quantitative estimate of drug-likeness (QED) is 0.675. The van der Waals surface area contributed by atoms with E-state index in [0.717, 1.165) is 24.5 Å². The van der Waals surface area contributed by atoms with Gasteiger partial charge >= 0.3 is 6.18 Å². The van der Waals surface area contributed by atoms with Gasteiger partial charge in [-0.1, -0.05) is 6.07 Å². The summed E-state index contributed by atoms with van der Waals surface area (Å²) in [4.78, 5) is 20.2. The number of nitrogens with zero attached hydrogens (tertiary/aromatic N) is 4. The first-order chi connectivity index (χ1) is 13.4. The molecule has 0 radical (unpaired) electrons. The molecule has 3 aromatic heterocycles. The Hall–Kier alpha value is -2.94. The van der Waals surface area contributed by atoms with Gasteiger partial charge in [0.15, 0.2) is 11.5 Å². The molecule has 0 aromatic carbocycles. The lowest BCUT2D eigenvalue weighted by Crippen LogP contribution is -2.23. The van der Waals surface area contributed by atoms with Crippen LogP contribution >= 0.6 is 12.4 Å². The van der Waals surface area contributed by atoms with Crippen molar-refractivity contribution in [3.8, 4) is 5.82 Å². The number of aromatic nitrogens is 4. The van der Waals surface area contributed by atoms with Gasteiger partial charge in [0.1, 0.15) is 0 Å². The highest BCUT2D eigenvalue weighted by molar-refractivity contribution is 5.93. The van der Waals surface area contributed by atoms with E-state index in [1.54, 1.807) is 30.5 Å². The Morgan fingerprint density at radius 1 is 1.21 bits per heavy atom. The van der Waals surface area contributed by atoms with E-state index in [1.807, 2.05) is 0 Å². The van der Waals surface area contributed by atoms with E-state index in [1.165, 1.54) is 17.1 Å². The SMILES string of the molecule is Cl.O=C(NCc1ccc(-n2nc(C(F)(F)F)cc2C2CC2)nc1)c1cccnc1. The summed E-state index contributed by atoms with van der Waals surface area (Å²) in [6.07, 6.45) is 1.76. The molecule has 10 heteroatoms. The molecule has 152 valence electrons. The zero-order chi connectivity index (χ0) is 19.7. The van der Waals surface area contributed by atoms with Crippen LogP contribution in [0.3, 0.4) is 0 Å². The molecule has 0 aliphatic heterocycles. The first-order valence-electron chi connectivity index (χ1n) is 8.72. The Kier molecular flexibility index (Phi) is 5.88. The fourth-order valence-corrected chi connectivity index (χ4v) is 2.82. The lowest BCUT2D eigenvalue weighted by molar-refractivity contribution is -0.141. The molecule has 0 atom stereocenters. The van der Waals surface area contributed by atoms with Gasteiger partial charge in [-0.25, -0.2) is 9.67 Å². The summed E-state index contributed by atoms with van der Waals surface area (Å²) in [5.74, 6) is 0.138. The van der Waals surface area contributed by atoms with E-state index in [2.05, 4.69) is 20.4 Å². The number of carbonyl (C=O) groups is 1. The summed E-state index contributed by atoms with van der Waals surface area (Å²) in [5, 5.41) is 6.46. The number of rotatable bonds is 5. The molecule has 3 heterocycles. The molecule has 1 amide bonds. The standard InChI is InChI=1S/C19H16F3N5O.ClH/c20-19(21,22)16-8-15(13-4-5-13)27(26-16)17-6-3-12(9-24-17)10-25-18(28)14-2-1-7-23-11-14;/h1-3,6-9,11,13H,4-5,10H2,(H,25,28);1H. The molecule has 1 N–H and O–H groups in total. The van der Waals surface area contributed by atoms with Crippen LogP contribution in [0.2, 0.25) is 0 Å². The number of hydrogen-bond donors (Lipinski definition) is 1. The van der Waals surface area contributed by atoms with Crippen molar-refractivity contribution in [1.82, 2.24) is 25.1 Å². The predicted octanol–water partition coefficient (Wildman–Crippen LogP) is 3.91. The van der Waals surface area contributed by atoms with E-state index in [9.17, 15) is 18.0 Å². The van der Waals surface area contributed by atoms with E-state index >= 15 is 0 Å². The van der Waals surface area contributed by atoms with Crippen LogP contribution in [-0.2, 0) is 12.7 Å². The van der Waals surface area contributed by atoms with Gasteiger partial charge < -0.3 is 5.32 Å². The van der Waals surface area contributed by atoms with Crippen LogP contribution in [0.25, 0.3) is 5.82 Å². The molecule has 1 saturated carbocycles. The minimum atomic E-state index is -4.49. The second-order valence-electron chi connectivity index (χ2n) is 6.59. The number of amides is 1. The molecule has 1 fully saturated rings. The maximum absolute atomic E-state index is 13.0. The lowest BCUT2D eigenvalue weighted by atomic mass is 10.2. The molecule has 0 bridgehead atoms. The average molecular weight is 424 g/mol. The monoisotopic (exact) mass is 423 g/mol. The van der Waals surface area contributed by atoms with Gasteiger partial charge in [-0.3, -0.25) is 9.78 Å². The summed E-state index contributed by atoms with van der Waals surface area (Å²) in [7, 11) is 0. The van der Waals surface area contributed by atoms with Crippen molar-refractivity contribution >= 4 is 18.3 Å². The Labute approximate surface area is 170 Å². The summed E-state index contributed by atoms with van der Waals surface area (Å²) >= 11 is 0. The van der Waals surface area contributed by atoms with E-state index < -0.39 is 11.9 Å². The largest absolute Gasteiger partial charge is 0.435 e. The molecular formula is C19H17ClF3N5O. The third-order valence-corrected chi connectivity index (χ3v) is 4.43. The molecule has 3 aromatic rings. The molecule has 1 aliphatic rings. The van der Waals surface area contributed by atoms with Crippen molar-refractivity contribution in [2.45, 2.75) is 31.5 Å². The van der Waals surface area contributed by atoms with Gasteiger partial charge in [0.05, 0.1) is 5.56 Å². The van der Waals surface area contributed by atoms with Gasteiger partial charge in [0, 0.05) is 36.7 Å². The van der Waals surface area contributed by atoms with Crippen LogP contribution in [0.1, 0.15) is 46.1 Å². The van der Waals surface area contributed by atoms with Crippen LogP contribution in [0, 0.1) is 0 Å². The summed E-state index contributed by atoms with van der Waals surface area (Å²) in [6, 6.07) is 7.73. The fourth-order valence-electron chi connectivity index (χ4n) is 2.82. The number of halogens is 4. The minimum Gasteiger partial charge on any atom is -0.348 e. The van der Waals surface area contributed by atoms with E-state index in [-0.39, 0.29) is 30.8 Å². The van der Waals surface area contributed by atoms with Crippen molar-refractivity contribution < 1.29 is 18.0 Å². The van der Waals surface area contributed by atoms with Gasteiger partial charge in [0.25, 0.3) is 5.91 Å². The molecule has 1 aliphatic carbocycles. The topological polar surface area (TPSA) is 72.7 Å². The van der Waals surface area contributed by atoms with Crippen molar-refractivity contribution in [2.24, 2.45) is 0 Å². The van der Waals surface area contributed by atoms with Crippen LogP contribution < -0.4 is 5.32 Å². The Morgan fingerprint density at radius 2 is 2.00 bits per heavy atom. The Morgan fingerprint density at radius 3 is 2.59 bits per heavy atom. The maximum Gasteiger partial charge on any atom is 0.435 e. The second-order valence-corrected chi connectivity index (χ2v) is 6.59. The van der Waals surface area contributed by atoms with E-state index in [0.29, 0.717) is 17.1 Å². The number of carbonyl (C=O) groups excluding carboxylic acids is 1. The molecule has 4 rings (SSSR count). The van der Waals surface area contributed by atoms with Gasteiger partial charge in [0.2, 0.25) is 0 Å². The minimum absolute atomic E-state index is 0. The number of alkyl halides is 3. The first-order valence-corrected chi connectivity index (χ1v) is 8.72. The van der Waals surface area contributed by atoms with Crippen LogP contribution in [0.4, 0.5) is 13.2 Å². The molecule has 0 unspecified atom stereocenters. The third-order valence-electron chi connectivity index (χ3n) is 4.43. The zero-order valence-corrected chi connectivity index (χ0v) is 15.9. The highest BCUT2D eigenvalue weighted by atomic mass is 35.5. The van der Waals surface area contributed by atoms with Crippen LogP contribution in [0.5, 0.6) is 0 Å². The first kappa shape index (κ1) is 20.8. The number of pyridine rings is 2. The molecule has 6 nitrogen and oxygen atoms in total. The van der Waals surface area contributed by atoms with Gasteiger partial charge in [-0.15, -0.1) is 12.4 Å². The number of hydrogen-bond acceptors (Lipinski definition) is 4. The maximum atomic E-state index is 13.0. The van der Waals surface area contributed by atoms with Crippen LogP contribution in [-0.4, -0.2) is 25.7 Å². The molecule has 29 heavy (non-hydrogen) atoms. The predicted molar refractivity (Wildman–Crippen MR) is 101 cm³/mol. The normalized spacial score (nSPS) is 13.6. The fraction of sp³-hybridized carbons (Fsp3) is 0.263. The second kappa shape index (κ2) is 8.20. The van der Waals surface area contributed by atoms with Crippen molar-refractivity contribution in [2.75, 3.05) is 0 Å². The highest BCUT2D eigenvalue weighted by Crippen LogP contribution is 2.42. The van der Waals surface area contributed by atoms with Crippen LogP contribution in [0.15, 0.2) is 48.9 Å². The highest BCUT2D eigenvalue weighted by Gasteiger charge is 2.38. The molecule has 0 saturated heterocycles. The Bertz CT molecular complexity index is 985. The smallest absolute Gasteiger partial charge is 0.348 e. The number of nitrogens with one attached hydrogen (secondary N) is 1.